The van der Waals surface area contributed by atoms with E-state index in [1.54, 1.807) is 17.0 Å². The van der Waals surface area contributed by atoms with Crippen LogP contribution in [-0.4, -0.2) is 66.7 Å². The second kappa shape index (κ2) is 5.73. The van der Waals surface area contributed by atoms with Crippen molar-refractivity contribution < 1.29 is 29.3 Å². The number of nitrogens with zero attached hydrogens (tertiary/aromatic N) is 2. The molecule has 9 nitrogen and oxygen atoms in total. The minimum atomic E-state index is -2.16. The standard InChI is InChI=1S/C26H29N3O6/c1-22(2)10-8-13-15(35-22)7-6-14-17(13)29(34)18-23(3,4)16-12-24-9-5-11-28(24)21(32)25(16,27-20(24)31)19(30)26(14,18)33/h6-8,10,16,19,30,33H,5,9,11-12H2,1-4H3,(H,27,31)/t16?,19-,24+,25?,26+/m1/s1. The zero-order chi connectivity index (χ0) is 24.9. The Morgan fingerprint density at radius 3 is 2.71 bits per heavy atom. The zero-order valence-corrected chi connectivity index (χ0v) is 20.2. The first-order valence-corrected chi connectivity index (χ1v) is 12.3. The molecule has 2 unspecified atom stereocenters. The van der Waals surface area contributed by atoms with Gasteiger partial charge in [-0.15, -0.1) is 0 Å². The monoisotopic (exact) mass is 479 g/mol. The Kier molecular flexibility index (Phi) is 3.50. The van der Waals surface area contributed by atoms with Crippen LogP contribution in [0.3, 0.4) is 0 Å². The molecule has 4 saturated heterocycles. The highest BCUT2D eigenvalue weighted by Gasteiger charge is 2.82. The number of fused-ring (bicyclic) bond motifs is 6. The predicted octanol–water partition coefficient (Wildman–Crippen LogP) is 1.31. The Balaban J connectivity index is 1.51. The van der Waals surface area contributed by atoms with Gasteiger partial charge in [0.1, 0.15) is 23.0 Å². The lowest BCUT2D eigenvalue weighted by molar-refractivity contribution is -0.370. The number of ether oxygens (including phenoxy) is 1. The molecule has 0 radical (unpaired) electrons. The molecule has 5 atom stereocenters. The van der Waals surface area contributed by atoms with Crippen molar-refractivity contribution in [1.29, 1.82) is 0 Å². The maximum Gasteiger partial charge on any atom is 0.252 e. The third-order valence-corrected chi connectivity index (χ3v) is 9.61. The molecule has 2 spiro atoms. The molecule has 6 heterocycles. The first-order chi connectivity index (χ1) is 16.3. The number of piperidine rings is 2. The Hall–Kier alpha value is -2.91. The second-order valence-corrected chi connectivity index (χ2v) is 12.1. The summed E-state index contributed by atoms with van der Waals surface area (Å²) in [4.78, 5) is 29.0. The van der Waals surface area contributed by atoms with Gasteiger partial charge in [0.15, 0.2) is 5.54 Å². The van der Waals surface area contributed by atoms with Gasteiger partial charge in [-0.3, -0.25) is 9.59 Å². The molecule has 5 fully saturated rings. The Morgan fingerprint density at radius 2 is 1.97 bits per heavy atom. The fourth-order valence-corrected chi connectivity index (χ4v) is 8.12. The number of hydrogen-bond donors (Lipinski definition) is 3. The van der Waals surface area contributed by atoms with Crippen LogP contribution in [0, 0.1) is 16.5 Å². The molecule has 1 saturated carbocycles. The highest BCUT2D eigenvalue weighted by molar-refractivity contribution is 6.10. The van der Waals surface area contributed by atoms with E-state index in [1.165, 1.54) is 0 Å². The van der Waals surface area contributed by atoms with Crippen molar-refractivity contribution in [3.63, 3.8) is 0 Å². The predicted molar refractivity (Wildman–Crippen MR) is 125 cm³/mol. The molecule has 1 aliphatic carbocycles. The van der Waals surface area contributed by atoms with E-state index in [0.717, 1.165) is 4.74 Å². The lowest BCUT2D eigenvalue weighted by Gasteiger charge is -2.66. The fraction of sp³-hybridized carbons (Fsp3) is 0.577. The minimum Gasteiger partial charge on any atom is -0.618 e. The number of piperazine rings is 1. The van der Waals surface area contributed by atoms with Gasteiger partial charge in [0.05, 0.1) is 16.5 Å². The molecule has 1 aromatic rings. The lowest BCUT2D eigenvalue weighted by Crippen LogP contribution is -2.90. The van der Waals surface area contributed by atoms with E-state index in [0.29, 0.717) is 37.1 Å². The number of rotatable bonds is 0. The number of carbonyl (C=O) groups excluding carboxylic acids is 2. The van der Waals surface area contributed by atoms with Crippen molar-refractivity contribution in [2.45, 2.75) is 75.3 Å². The summed E-state index contributed by atoms with van der Waals surface area (Å²) in [7, 11) is 0. The summed E-state index contributed by atoms with van der Waals surface area (Å²) in [5.74, 6) is -0.707. The van der Waals surface area contributed by atoms with Crippen molar-refractivity contribution >= 4 is 29.3 Å². The van der Waals surface area contributed by atoms with E-state index in [-0.39, 0.29) is 28.8 Å². The van der Waals surface area contributed by atoms with Crippen LogP contribution in [0.25, 0.3) is 6.08 Å². The van der Waals surface area contributed by atoms with Crippen molar-refractivity contribution in [3.05, 3.63) is 34.5 Å². The van der Waals surface area contributed by atoms with Gasteiger partial charge in [-0.2, -0.15) is 4.74 Å². The summed E-state index contributed by atoms with van der Waals surface area (Å²) in [6.07, 6.45) is 3.51. The highest BCUT2D eigenvalue weighted by Crippen LogP contribution is 2.64. The summed E-state index contributed by atoms with van der Waals surface area (Å²) in [5.41, 5.74) is -5.36. The molecule has 0 aromatic heterocycles. The quantitative estimate of drug-likeness (QED) is 0.381. The van der Waals surface area contributed by atoms with E-state index in [9.17, 15) is 25.0 Å². The molecule has 2 amide bonds. The first-order valence-electron chi connectivity index (χ1n) is 12.3. The van der Waals surface area contributed by atoms with Crippen molar-refractivity contribution in [2.24, 2.45) is 11.3 Å². The summed E-state index contributed by atoms with van der Waals surface area (Å²) in [5, 5.41) is 41.2. The van der Waals surface area contributed by atoms with Crippen molar-refractivity contribution in [1.82, 2.24) is 10.2 Å². The number of hydrogen-bond acceptors (Lipinski definition) is 6. The third-order valence-electron chi connectivity index (χ3n) is 9.61. The Labute approximate surface area is 202 Å². The summed E-state index contributed by atoms with van der Waals surface area (Å²) < 4.78 is 6.79. The molecule has 8 rings (SSSR count). The van der Waals surface area contributed by atoms with Crippen molar-refractivity contribution in [3.8, 4) is 5.75 Å². The van der Waals surface area contributed by atoms with Crippen LogP contribution in [0.2, 0.25) is 0 Å². The van der Waals surface area contributed by atoms with Crippen LogP contribution in [-0.2, 0) is 15.2 Å². The summed E-state index contributed by atoms with van der Waals surface area (Å²) in [6, 6.07) is 3.28. The maximum absolute atomic E-state index is 14.0. The van der Waals surface area contributed by atoms with Crippen LogP contribution < -0.4 is 10.1 Å². The van der Waals surface area contributed by atoms with Gasteiger partial charge in [0.2, 0.25) is 22.9 Å². The first kappa shape index (κ1) is 21.4. The van der Waals surface area contributed by atoms with Crippen LogP contribution in [0.15, 0.2) is 18.2 Å². The number of benzene rings is 1. The topological polar surface area (TPSA) is 125 Å². The van der Waals surface area contributed by atoms with E-state index >= 15 is 0 Å². The number of nitrogens with one attached hydrogen (secondary N) is 1. The van der Waals surface area contributed by atoms with E-state index in [4.69, 9.17) is 4.74 Å². The molecule has 6 aliphatic heterocycles. The maximum atomic E-state index is 14.0. The average Bonchev–Trinajstić information content (AvgIpc) is 3.32. The van der Waals surface area contributed by atoms with Gasteiger partial charge < -0.3 is 30.4 Å². The fourth-order valence-electron chi connectivity index (χ4n) is 8.12. The number of amides is 2. The summed E-state index contributed by atoms with van der Waals surface area (Å²) >= 11 is 0. The SMILES string of the molecule is CC1(C)C=Cc2c(ccc3c2[N+]([O-])=C2C(C)(C)C4C[C@]56CCCN5C(=O)C4(NC6=O)[C@@H](O)[C@@]23O)O1. The van der Waals surface area contributed by atoms with Gasteiger partial charge in [-0.25, -0.2) is 0 Å². The van der Waals surface area contributed by atoms with E-state index < -0.39 is 39.7 Å². The Bertz CT molecular complexity index is 1330. The normalized spacial score (nSPS) is 41.0. The molecule has 1 aromatic carbocycles. The van der Waals surface area contributed by atoms with Gasteiger partial charge in [0.25, 0.3) is 5.91 Å². The molecule has 3 N–H and O–H groups in total. The Morgan fingerprint density at radius 1 is 1.23 bits per heavy atom. The molecule has 9 heteroatoms. The van der Waals surface area contributed by atoms with Crippen molar-refractivity contribution in [2.75, 3.05) is 6.54 Å². The van der Waals surface area contributed by atoms with Crippen LogP contribution in [0.1, 0.15) is 58.1 Å². The van der Waals surface area contributed by atoms with Gasteiger partial charge in [-0.05, 0) is 71.2 Å². The molecule has 35 heavy (non-hydrogen) atoms. The number of aliphatic hydroxyl groups is 2. The third kappa shape index (κ3) is 2.02. The summed E-state index contributed by atoms with van der Waals surface area (Å²) in [6.45, 7) is 7.92. The molecule has 184 valence electrons. The molecular formula is C26H29N3O6. The van der Waals surface area contributed by atoms with E-state index in [2.05, 4.69) is 5.32 Å². The highest BCUT2D eigenvalue weighted by atomic mass is 16.5. The van der Waals surface area contributed by atoms with E-state index in [1.807, 2.05) is 39.8 Å². The van der Waals surface area contributed by atoms with Gasteiger partial charge in [0, 0.05) is 12.5 Å². The number of carbonyl (C=O) groups is 2. The van der Waals surface area contributed by atoms with Crippen LogP contribution in [0.4, 0.5) is 5.69 Å². The molecule has 2 bridgehead atoms. The van der Waals surface area contributed by atoms with Gasteiger partial charge >= 0.3 is 0 Å². The van der Waals surface area contributed by atoms with Crippen LogP contribution in [0.5, 0.6) is 5.75 Å². The lowest BCUT2D eigenvalue weighted by atomic mass is 9.46. The molecular weight excluding hydrogens is 450 g/mol. The second-order valence-electron chi connectivity index (χ2n) is 12.1. The molecule has 7 aliphatic rings. The number of aliphatic hydroxyl groups excluding tert-OH is 1. The minimum absolute atomic E-state index is 0.102. The van der Waals surface area contributed by atoms with Gasteiger partial charge in [-0.1, -0.05) is 0 Å². The van der Waals surface area contributed by atoms with Crippen LogP contribution >= 0.6 is 0 Å². The largest absolute Gasteiger partial charge is 0.618 e. The zero-order valence-electron chi connectivity index (χ0n) is 20.2. The smallest absolute Gasteiger partial charge is 0.252 e. The average molecular weight is 480 g/mol.